The van der Waals surface area contributed by atoms with E-state index in [-0.39, 0.29) is 11.8 Å². The lowest BCUT2D eigenvalue weighted by Crippen LogP contribution is -2.50. The smallest absolute Gasteiger partial charge is 0.254 e. The lowest BCUT2D eigenvalue weighted by Gasteiger charge is -2.34. The normalized spacial score (nSPS) is 15.0. The summed E-state index contributed by atoms with van der Waals surface area (Å²) in [4.78, 5) is 36.5. The lowest BCUT2D eigenvalue weighted by molar-refractivity contribution is -0.117. The Kier molecular flexibility index (Phi) is 5.08. The fourth-order valence-corrected chi connectivity index (χ4v) is 3.49. The van der Waals surface area contributed by atoms with Crippen molar-refractivity contribution in [2.75, 3.05) is 38.0 Å². The van der Waals surface area contributed by atoms with Crippen LogP contribution in [-0.2, 0) is 4.79 Å². The molecule has 1 fully saturated rings. The third kappa shape index (κ3) is 4.04. The van der Waals surface area contributed by atoms with Crippen molar-refractivity contribution in [1.29, 1.82) is 0 Å². The molecule has 2 amide bonds. The summed E-state index contributed by atoms with van der Waals surface area (Å²) in [6, 6.07) is 15.0. The first kappa shape index (κ1) is 18.2. The highest BCUT2D eigenvalue weighted by molar-refractivity contribution is 5.97. The molecule has 7 heteroatoms. The van der Waals surface area contributed by atoms with Crippen molar-refractivity contribution in [2.24, 2.45) is 0 Å². The molecule has 0 unspecified atom stereocenters. The van der Waals surface area contributed by atoms with Crippen molar-refractivity contribution in [2.45, 2.75) is 6.92 Å². The summed E-state index contributed by atoms with van der Waals surface area (Å²) in [5, 5.41) is 2.90. The maximum absolute atomic E-state index is 12.8. The van der Waals surface area contributed by atoms with Gasteiger partial charge in [-0.15, -0.1) is 0 Å². The second-order valence-corrected chi connectivity index (χ2v) is 7.04. The Balaban J connectivity index is 1.31. The van der Waals surface area contributed by atoms with Gasteiger partial charge in [-0.05, 0) is 37.3 Å². The van der Waals surface area contributed by atoms with Gasteiger partial charge in [-0.2, -0.15) is 0 Å². The number of amides is 2. The van der Waals surface area contributed by atoms with Crippen LogP contribution >= 0.6 is 0 Å². The molecule has 1 aliphatic rings. The number of carbonyl (C=O) groups excluding carboxylic acids is 2. The van der Waals surface area contributed by atoms with E-state index in [4.69, 9.17) is 0 Å². The molecule has 7 nitrogen and oxygen atoms in total. The fourth-order valence-electron chi connectivity index (χ4n) is 3.49. The number of nitrogens with one attached hydrogen (secondary N) is 2. The quantitative estimate of drug-likeness (QED) is 0.731. The number of nitrogens with zero attached hydrogens (tertiary/aromatic N) is 3. The highest BCUT2D eigenvalue weighted by atomic mass is 16.2. The van der Waals surface area contributed by atoms with Crippen LogP contribution in [0.4, 0.5) is 5.69 Å². The molecule has 4 rings (SSSR count). The number of aryl methyl sites for hydroxylation is 1. The number of benzene rings is 2. The van der Waals surface area contributed by atoms with Crippen LogP contribution in [0, 0.1) is 6.92 Å². The van der Waals surface area contributed by atoms with Crippen LogP contribution in [-0.4, -0.2) is 64.3 Å². The van der Waals surface area contributed by atoms with Gasteiger partial charge in [-0.3, -0.25) is 14.5 Å². The average molecular weight is 377 g/mol. The van der Waals surface area contributed by atoms with Gasteiger partial charge in [0.2, 0.25) is 5.91 Å². The zero-order valence-corrected chi connectivity index (χ0v) is 15.8. The van der Waals surface area contributed by atoms with Gasteiger partial charge in [-0.1, -0.05) is 18.2 Å². The first-order chi connectivity index (χ1) is 13.6. The van der Waals surface area contributed by atoms with Gasteiger partial charge in [-0.25, -0.2) is 4.98 Å². The van der Waals surface area contributed by atoms with Gasteiger partial charge in [0.1, 0.15) is 5.82 Å². The van der Waals surface area contributed by atoms with E-state index >= 15 is 0 Å². The van der Waals surface area contributed by atoms with Crippen molar-refractivity contribution in [3.05, 3.63) is 59.9 Å². The number of para-hydroxylation sites is 1. The first-order valence-electron chi connectivity index (χ1n) is 9.41. The Morgan fingerprint density at radius 3 is 2.57 bits per heavy atom. The summed E-state index contributed by atoms with van der Waals surface area (Å²) in [5.74, 6) is 0.815. The molecule has 2 aromatic carbocycles. The molecule has 1 aliphatic heterocycles. The second kappa shape index (κ2) is 7.82. The third-order valence-corrected chi connectivity index (χ3v) is 4.93. The summed E-state index contributed by atoms with van der Waals surface area (Å²) in [6.45, 7) is 4.80. The molecular weight excluding hydrogens is 354 g/mol. The zero-order chi connectivity index (χ0) is 19.5. The van der Waals surface area contributed by atoms with Crippen molar-refractivity contribution >= 4 is 28.5 Å². The highest BCUT2D eigenvalue weighted by Crippen LogP contribution is 2.16. The largest absolute Gasteiger partial charge is 0.342 e. The van der Waals surface area contributed by atoms with E-state index in [0.29, 0.717) is 38.3 Å². The van der Waals surface area contributed by atoms with Crippen molar-refractivity contribution in [3.8, 4) is 0 Å². The van der Waals surface area contributed by atoms with E-state index < -0.39 is 0 Å². The molecule has 0 aliphatic carbocycles. The van der Waals surface area contributed by atoms with E-state index in [1.807, 2.05) is 60.4 Å². The molecule has 3 aromatic rings. The standard InChI is InChI=1S/C21H23N5O2/c1-15-22-18-8-7-16(13-19(18)23-15)21(28)26-11-9-25(10-12-26)14-20(27)24-17-5-3-2-4-6-17/h2-8,13H,9-12,14H2,1H3,(H,22,23)(H,24,27). The number of aromatic amines is 1. The Bertz CT molecular complexity index is 990. The topological polar surface area (TPSA) is 81.3 Å². The average Bonchev–Trinajstić information content (AvgIpc) is 3.08. The molecule has 2 heterocycles. The molecular formula is C21H23N5O2. The Hall–Kier alpha value is -3.19. The van der Waals surface area contributed by atoms with E-state index in [0.717, 1.165) is 22.5 Å². The van der Waals surface area contributed by atoms with E-state index in [1.54, 1.807) is 0 Å². The minimum atomic E-state index is -0.0361. The molecule has 0 atom stereocenters. The maximum Gasteiger partial charge on any atom is 0.254 e. The number of aromatic nitrogens is 2. The van der Waals surface area contributed by atoms with Gasteiger partial charge in [0, 0.05) is 37.4 Å². The molecule has 0 saturated carbocycles. The van der Waals surface area contributed by atoms with Crippen LogP contribution in [0.15, 0.2) is 48.5 Å². The number of hydrogen-bond donors (Lipinski definition) is 2. The van der Waals surface area contributed by atoms with Gasteiger partial charge < -0.3 is 15.2 Å². The Morgan fingerprint density at radius 1 is 1.07 bits per heavy atom. The predicted octanol–water partition coefficient (Wildman–Crippen LogP) is 2.27. The molecule has 144 valence electrons. The number of carbonyl (C=O) groups is 2. The monoisotopic (exact) mass is 377 g/mol. The Labute approximate surface area is 163 Å². The molecule has 0 radical (unpaired) electrons. The van der Waals surface area contributed by atoms with E-state index in [9.17, 15) is 9.59 Å². The highest BCUT2D eigenvalue weighted by Gasteiger charge is 2.23. The van der Waals surface area contributed by atoms with E-state index in [1.165, 1.54) is 0 Å². The zero-order valence-electron chi connectivity index (χ0n) is 15.8. The molecule has 0 bridgehead atoms. The number of H-pyrrole nitrogens is 1. The van der Waals surface area contributed by atoms with Crippen LogP contribution in [0.5, 0.6) is 0 Å². The molecule has 0 spiro atoms. The summed E-state index contributed by atoms with van der Waals surface area (Å²) in [7, 11) is 0. The van der Waals surface area contributed by atoms with Crippen LogP contribution in [0.3, 0.4) is 0 Å². The second-order valence-electron chi connectivity index (χ2n) is 7.04. The lowest BCUT2D eigenvalue weighted by atomic mass is 10.1. The van der Waals surface area contributed by atoms with Crippen LogP contribution < -0.4 is 5.32 Å². The van der Waals surface area contributed by atoms with Crippen LogP contribution in [0.1, 0.15) is 16.2 Å². The van der Waals surface area contributed by atoms with Crippen molar-refractivity contribution in [3.63, 3.8) is 0 Å². The van der Waals surface area contributed by atoms with Crippen molar-refractivity contribution in [1.82, 2.24) is 19.8 Å². The number of hydrogen-bond acceptors (Lipinski definition) is 4. The number of piperazine rings is 1. The fraction of sp³-hybridized carbons (Fsp3) is 0.286. The predicted molar refractivity (Wildman–Crippen MR) is 108 cm³/mol. The summed E-state index contributed by atoms with van der Waals surface area (Å²) in [6.07, 6.45) is 0. The molecule has 1 saturated heterocycles. The molecule has 28 heavy (non-hydrogen) atoms. The Morgan fingerprint density at radius 2 is 1.82 bits per heavy atom. The SMILES string of the molecule is Cc1nc2ccc(C(=O)N3CCN(CC(=O)Nc4ccccc4)CC3)cc2[nH]1. The summed E-state index contributed by atoms with van der Waals surface area (Å²) < 4.78 is 0. The van der Waals surface area contributed by atoms with E-state index in [2.05, 4.69) is 20.2 Å². The first-order valence-corrected chi connectivity index (χ1v) is 9.41. The van der Waals surface area contributed by atoms with Crippen LogP contribution in [0.2, 0.25) is 0 Å². The van der Waals surface area contributed by atoms with Crippen LogP contribution in [0.25, 0.3) is 11.0 Å². The number of rotatable bonds is 4. The minimum absolute atomic E-state index is 0.0162. The maximum atomic E-state index is 12.8. The summed E-state index contributed by atoms with van der Waals surface area (Å²) in [5.41, 5.74) is 3.19. The molecule has 1 aromatic heterocycles. The third-order valence-electron chi connectivity index (χ3n) is 4.93. The number of imidazole rings is 1. The molecule has 2 N–H and O–H groups in total. The van der Waals surface area contributed by atoms with Gasteiger partial charge in [0.05, 0.1) is 17.6 Å². The van der Waals surface area contributed by atoms with Gasteiger partial charge >= 0.3 is 0 Å². The van der Waals surface area contributed by atoms with Gasteiger partial charge in [0.15, 0.2) is 0 Å². The number of anilines is 1. The van der Waals surface area contributed by atoms with Crippen molar-refractivity contribution < 1.29 is 9.59 Å². The summed E-state index contributed by atoms with van der Waals surface area (Å²) >= 11 is 0. The minimum Gasteiger partial charge on any atom is -0.342 e. The number of fused-ring (bicyclic) bond motifs is 1. The van der Waals surface area contributed by atoms with Gasteiger partial charge in [0.25, 0.3) is 5.91 Å².